The normalized spacial score (nSPS) is 11.2. The van der Waals surface area contributed by atoms with E-state index < -0.39 is 5.91 Å². The molecule has 0 unspecified atom stereocenters. The smallest absolute Gasteiger partial charge is 0.266 e. The van der Waals surface area contributed by atoms with Crippen molar-refractivity contribution >= 4 is 56.0 Å². The molecule has 0 spiro atoms. The predicted molar refractivity (Wildman–Crippen MR) is 152 cm³/mol. The van der Waals surface area contributed by atoms with Gasteiger partial charge in [-0.2, -0.15) is 5.26 Å². The lowest BCUT2D eigenvalue weighted by molar-refractivity contribution is -0.112. The summed E-state index contributed by atoms with van der Waals surface area (Å²) in [5.74, 6) is 0.494. The van der Waals surface area contributed by atoms with E-state index >= 15 is 0 Å². The third-order valence-electron chi connectivity index (χ3n) is 5.72. The minimum absolute atomic E-state index is 0.0712. The molecule has 0 bridgehead atoms. The van der Waals surface area contributed by atoms with Gasteiger partial charge in [-0.05, 0) is 81.5 Å². The number of carbonyl (C=O) groups is 1. The lowest BCUT2D eigenvalue weighted by Gasteiger charge is -2.16. The van der Waals surface area contributed by atoms with Gasteiger partial charge in [0.1, 0.15) is 18.2 Å². The van der Waals surface area contributed by atoms with Crippen LogP contribution >= 0.6 is 27.5 Å². The molecule has 4 aromatic carbocycles. The van der Waals surface area contributed by atoms with Gasteiger partial charge in [-0.25, -0.2) is 0 Å². The van der Waals surface area contributed by atoms with Gasteiger partial charge in [0, 0.05) is 0 Å². The molecule has 0 saturated heterocycles. The van der Waals surface area contributed by atoms with Crippen LogP contribution in [0.5, 0.6) is 11.5 Å². The molecule has 7 heteroatoms. The van der Waals surface area contributed by atoms with Crippen LogP contribution in [0, 0.1) is 18.3 Å². The topological polar surface area (TPSA) is 71.3 Å². The lowest BCUT2D eigenvalue weighted by atomic mass is 10.1. The van der Waals surface area contributed by atoms with Gasteiger partial charge in [-0.15, -0.1) is 0 Å². The number of amides is 1. The average Bonchev–Trinajstić information content (AvgIpc) is 2.89. The van der Waals surface area contributed by atoms with Crippen LogP contribution in [0.3, 0.4) is 0 Å². The summed E-state index contributed by atoms with van der Waals surface area (Å²) in [7, 11) is 0. The number of hydrogen-bond acceptors (Lipinski definition) is 4. The minimum atomic E-state index is -0.552. The Balaban J connectivity index is 1.61. The molecular weight excluding hydrogens is 552 g/mol. The molecule has 0 aliphatic rings. The summed E-state index contributed by atoms with van der Waals surface area (Å²) in [6.45, 7) is 4.48. The Hall–Kier alpha value is -3.79. The second-order valence-electron chi connectivity index (χ2n) is 8.25. The molecule has 0 aliphatic heterocycles. The van der Waals surface area contributed by atoms with Crippen molar-refractivity contribution in [2.24, 2.45) is 0 Å². The number of nitrogens with zero attached hydrogens (tertiary/aromatic N) is 1. The van der Waals surface area contributed by atoms with E-state index in [-0.39, 0.29) is 5.57 Å². The minimum Gasteiger partial charge on any atom is -0.490 e. The summed E-state index contributed by atoms with van der Waals surface area (Å²) < 4.78 is 12.7. The lowest BCUT2D eigenvalue weighted by Crippen LogP contribution is -2.14. The largest absolute Gasteiger partial charge is 0.490 e. The molecular formula is C30H24BrClN2O3. The third kappa shape index (κ3) is 6.14. The van der Waals surface area contributed by atoms with E-state index in [4.69, 9.17) is 21.1 Å². The number of para-hydroxylation sites is 1. The van der Waals surface area contributed by atoms with E-state index in [1.807, 2.05) is 50.2 Å². The van der Waals surface area contributed by atoms with Gasteiger partial charge < -0.3 is 14.8 Å². The number of nitrogens with one attached hydrogen (secondary N) is 1. The molecule has 0 fully saturated rings. The Labute approximate surface area is 229 Å². The Morgan fingerprint density at radius 3 is 2.59 bits per heavy atom. The van der Waals surface area contributed by atoms with Crippen molar-refractivity contribution in [3.05, 3.63) is 105 Å². The molecule has 37 heavy (non-hydrogen) atoms. The van der Waals surface area contributed by atoms with Gasteiger partial charge >= 0.3 is 0 Å². The van der Waals surface area contributed by atoms with Crippen LogP contribution in [0.15, 0.2) is 82.8 Å². The SMILES string of the molecule is CCOc1cc(/C=C(\C#N)C(=O)Nc2c(C)cccc2Cl)cc(Br)c1OCc1cccc2ccccc12. The molecule has 0 radical (unpaired) electrons. The number of fused-ring (bicyclic) bond motifs is 1. The number of carbonyl (C=O) groups excluding carboxylic acids is 1. The summed E-state index contributed by atoms with van der Waals surface area (Å²) in [6, 6.07) is 25.1. The number of aryl methyl sites for hydroxylation is 1. The van der Waals surface area contributed by atoms with Crippen LogP contribution in [0.1, 0.15) is 23.6 Å². The zero-order valence-corrected chi connectivity index (χ0v) is 22.7. The summed E-state index contributed by atoms with van der Waals surface area (Å²) in [5.41, 5.74) is 2.86. The Kier molecular flexibility index (Phi) is 8.50. The fraction of sp³-hybridized carbons (Fsp3) is 0.133. The van der Waals surface area contributed by atoms with Gasteiger partial charge in [0.15, 0.2) is 11.5 Å². The van der Waals surface area contributed by atoms with Crippen LogP contribution in [0.4, 0.5) is 5.69 Å². The van der Waals surface area contributed by atoms with Crippen LogP contribution in [-0.4, -0.2) is 12.5 Å². The molecule has 1 amide bonds. The van der Waals surface area contributed by atoms with Crippen molar-refractivity contribution in [1.82, 2.24) is 0 Å². The van der Waals surface area contributed by atoms with Gasteiger partial charge in [-0.1, -0.05) is 66.2 Å². The highest BCUT2D eigenvalue weighted by Gasteiger charge is 2.16. The highest BCUT2D eigenvalue weighted by Crippen LogP contribution is 2.38. The molecule has 0 heterocycles. The number of ether oxygens (including phenoxy) is 2. The standard InChI is InChI=1S/C30H24BrClN2O3/c1-3-36-27-16-20(14-23(17-33)30(35)34-28-19(2)8-6-13-26(28)32)15-25(31)29(27)37-18-22-11-7-10-21-9-4-5-12-24(21)22/h4-16H,3,18H2,1-2H3,(H,34,35)/b23-14+. The molecule has 4 aromatic rings. The Morgan fingerprint density at radius 1 is 1.08 bits per heavy atom. The van der Waals surface area contributed by atoms with Gasteiger partial charge in [0.2, 0.25) is 0 Å². The number of nitriles is 1. The molecule has 186 valence electrons. The van der Waals surface area contributed by atoms with Crippen molar-refractivity contribution in [1.29, 1.82) is 5.26 Å². The maximum Gasteiger partial charge on any atom is 0.266 e. The molecule has 0 saturated carbocycles. The van der Waals surface area contributed by atoms with Crippen molar-refractivity contribution in [3.8, 4) is 17.6 Å². The number of halogens is 2. The number of benzene rings is 4. The van der Waals surface area contributed by atoms with Crippen molar-refractivity contribution in [2.75, 3.05) is 11.9 Å². The zero-order chi connectivity index (χ0) is 26.4. The second kappa shape index (κ2) is 12.0. The molecule has 5 nitrogen and oxygen atoms in total. The predicted octanol–water partition coefficient (Wildman–Crippen LogP) is 8.09. The van der Waals surface area contributed by atoms with E-state index in [1.165, 1.54) is 6.08 Å². The first-order valence-electron chi connectivity index (χ1n) is 11.6. The van der Waals surface area contributed by atoms with E-state index in [9.17, 15) is 10.1 Å². The summed E-state index contributed by atoms with van der Waals surface area (Å²) in [6.07, 6.45) is 1.50. The maximum absolute atomic E-state index is 12.9. The van der Waals surface area contributed by atoms with E-state index in [0.29, 0.717) is 45.5 Å². The monoisotopic (exact) mass is 574 g/mol. The number of rotatable bonds is 8. The molecule has 1 N–H and O–H groups in total. The van der Waals surface area contributed by atoms with Crippen molar-refractivity contribution in [3.63, 3.8) is 0 Å². The van der Waals surface area contributed by atoms with E-state index in [0.717, 1.165) is 21.9 Å². The van der Waals surface area contributed by atoms with E-state index in [2.05, 4.69) is 39.4 Å². The van der Waals surface area contributed by atoms with Gasteiger partial charge in [-0.3, -0.25) is 4.79 Å². The average molecular weight is 576 g/mol. The maximum atomic E-state index is 12.9. The van der Waals surface area contributed by atoms with Crippen molar-refractivity contribution < 1.29 is 14.3 Å². The molecule has 0 aliphatic carbocycles. The zero-order valence-electron chi connectivity index (χ0n) is 20.3. The van der Waals surface area contributed by atoms with Crippen LogP contribution in [0.2, 0.25) is 5.02 Å². The van der Waals surface area contributed by atoms with E-state index in [1.54, 1.807) is 24.3 Å². The molecule has 0 atom stereocenters. The summed E-state index contributed by atoms with van der Waals surface area (Å²) >= 11 is 9.81. The molecule has 4 rings (SSSR count). The first-order valence-corrected chi connectivity index (χ1v) is 12.8. The Morgan fingerprint density at radius 2 is 1.84 bits per heavy atom. The number of hydrogen-bond donors (Lipinski definition) is 1. The fourth-order valence-electron chi connectivity index (χ4n) is 3.93. The van der Waals surface area contributed by atoms with Crippen LogP contribution in [0.25, 0.3) is 16.8 Å². The fourth-order valence-corrected chi connectivity index (χ4v) is 4.77. The van der Waals surface area contributed by atoms with Crippen molar-refractivity contribution in [2.45, 2.75) is 20.5 Å². The first-order chi connectivity index (χ1) is 17.9. The van der Waals surface area contributed by atoms with Gasteiger partial charge in [0.25, 0.3) is 5.91 Å². The second-order valence-corrected chi connectivity index (χ2v) is 9.51. The highest BCUT2D eigenvalue weighted by molar-refractivity contribution is 9.10. The first kappa shape index (κ1) is 26.3. The Bertz CT molecular complexity index is 1520. The van der Waals surface area contributed by atoms with Crippen LogP contribution < -0.4 is 14.8 Å². The molecule has 0 aromatic heterocycles. The number of anilines is 1. The quantitative estimate of drug-likeness (QED) is 0.170. The summed E-state index contributed by atoms with van der Waals surface area (Å²) in [4.78, 5) is 12.9. The van der Waals surface area contributed by atoms with Gasteiger partial charge in [0.05, 0.1) is 21.8 Å². The highest BCUT2D eigenvalue weighted by atomic mass is 79.9. The van der Waals surface area contributed by atoms with Crippen LogP contribution in [-0.2, 0) is 11.4 Å². The third-order valence-corrected chi connectivity index (χ3v) is 6.62. The summed E-state index contributed by atoms with van der Waals surface area (Å²) in [5, 5.41) is 15.1.